The standard InChI is InChI=1S/C68H117N17O14/c1-36(2)26-46(57(70)89)78-62(94)48(28-38(5)6)77-55(88)34-75-60(92)52(35-86)83-64(96)50(30-40(9)10)81-66(98)56(42(13)14)84-61(93)45(22-18-24-73-68(71)72)76-54(87)33-74-59(91)47(27-37(3)4)79-63(95)49(29-39(7)8)80-65(97)53-23-19-25-85(53)67(99)51(31-41(11)12)82-58(90)44(69)32-43-20-16-15-17-21-43/h15-17,20-21,36-42,44-53,56,86H,18-19,22-35,69H2,1-14H3,(H2,70,89)(H,74,91)(H,75,92)(H,76,87)(H,77,88)(H,78,94)(H,79,95)(H,80,97)(H,81,98)(H,82,90)(H,83,96)(H,84,93)(H4,71,72,73)/t44-,45-,46-,47-,48-,49-,50-,51-,52-,53-,56-/m0/s1. The number of rotatable bonds is 44. The summed E-state index contributed by atoms with van der Waals surface area (Å²) < 4.78 is 0. The molecular formula is C68H117N17O14. The van der Waals surface area contributed by atoms with Gasteiger partial charge >= 0.3 is 0 Å². The number of carbonyl (C=O) groups excluding carboxylic acids is 13. The molecule has 31 heteroatoms. The molecule has 0 aliphatic carbocycles. The summed E-state index contributed by atoms with van der Waals surface area (Å²) >= 11 is 0. The second kappa shape index (κ2) is 43.8. The van der Waals surface area contributed by atoms with Gasteiger partial charge in [-0.05, 0) is 118 Å². The van der Waals surface area contributed by atoms with Crippen molar-refractivity contribution >= 4 is 82.8 Å². The van der Waals surface area contributed by atoms with E-state index in [-0.39, 0.29) is 119 Å². The Morgan fingerprint density at radius 1 is 0.485 bits per heavy atom. The minimum atomic E-state index is -1.63. The Bertz CT molecular complexity index is 2870. The normalized spacial score (nSPS) is 16.0. The lowest BCUT2D eigenvalue weighted by atomic mass is 9.99. The van der Waals surface area contributed by atoms with Gasteiger partial charge in [-0.15, -0.1) is 0 Å². The van der Waals surface area contributed by atoms with Crippen molar-refractivity contribution in [2.75, 3.05) is 32.8 Å². The Kier molecular flexibility index (Phi) is 38.3. The van der Waals surface area contributed by atoms with Crippen LogP contribution in [0.15, 0.2) is 35.3 Å². The van der Waals surface area contributed by atoms with E-state index in [0.29, 0.717) is 6.42 Å². The zero-order valence-electron chi connectivity index (χ0n) is 60.6. The van der Waals surface area contributed by atoms with Crippen LogP contribution in [0.1, 0.15) is 167 Å². The Morgan fingerprint density at radius 3 is 1.36 bits per heavy atom. The van der Waals surface area contributed by atoms with Crippen LogP contribution < -0.4 is 81.4 Å². The number of carbonyl (C=O) groups is 13. The molecule has 558 valence electrons. The van der Waals surface area contributed by atoms with Gasteiger partial charge in [-0.1, -0.05) is 127 Å². The predicted octanol–water partition coefficient (Wildman–Crippen LogP) is -1.39. The van der Waals surface area contributed by atoms with Crippen LogP contribution >= 0.6 is 0 Å². The number of benzene rings is 1. The van der Waals surface area contributed by atoms with Crippen molar-refractivity contribution in [3.63, 3.8) is 0 Å². The second-order valence-corrected chi connectivity index (χ2v) is 28.6. The molecule has 99 heavy (non-hydrogen) atoms. The first-order valence-corrected chi connectivity index (χ1v) is 34.7. The summed E-state index contributed by atoms with van der Waals surface area (Å²) in [6.07, 6.45) is 2.04. The first-order valence-electron chi connectivity index (χ1n) is 34.7. The van der Waals surface area contributed by atoms with Gasteiger partial charge in [0.25, 0.3) is 0 Å². The van der Waals surface area contributed by atoms with Crippen molar-refractivity contribution in [1.82, 2.24) is 63.4 Å². The number of hydrogen-bond donors (Lipinski definition) is 16. The molecule has 1 aromatic rings. The third-order valence-electron chi connectivity index (χ3n) is 16.0. The van der Waals surface area contributed by atoms with Gasteiger partial charge in [0.1, 0.15) is 60.4 Å². The van der Waals surface area contributed by atoms with Crippen molar-refractivity contribution in [2.24, 2.45) is 69.4 Å². The number of aliphatic imine (C=N–C) groups is 1. The number of aliphatic hydroxyl groups excluding tert-OH is 1. The van der Waals surface area contributed by atoms with Crippen molar-refractivity contribution in [3.05, 3.63) is 35.9 Å². The van der Waals surface area contributed by atoms with E-state index in [1.54, 1.807) is 27.7 Å². The summed E-state index contributed by atoms with van der Waals surface area (Å²) in [5.74, 6) is -11.1. The number of nitrogens with two attached hydrogens (primary N) is 4. The summed E-state index contributed by atoms with van der Waals surface area (Å²) in [5.41, 5.74) is 23.7. The quantitative estimate of drug-likeness (QED) is 0.0203. The number of nitrogens with zero attached hydrogens (tertiary/aromatic N) is 2. The summed E-state index contributed by atoms with van der Waals surface area (Å²) in [6.45, 7) is 23.2. The van der Waals surface area contributed by atoms with E-state index in [1.165, 1.54) is 4.90 Å². The van der Waals surface area contributed by atoms with Gasteiger partial charge in [0.05, 0.1) is 25.7 Å². The fourth-order valence-electron chi connectivity index (χ4n) is 11.1. The highest BCUT2D eigenvalue weighted by molar-refractivity contribution is 5.99. The minimum absolute atomic E-state index is 0.0106. The molecule has 11 atom stereocenters. The molecule has 1 saturated heterocycles. The summed E-state index contributed by atoms with van der Waals surface area (Å²) in [5, 5.41) is 39.0. The fourth-order valence-corrected chi connectivity index (χ4v) is 11.1. The lowest BCUT2D eigenvalue weighted by Crippen LogP contribution is -2.60. The predicted molar refractivity (Wildman–Crippen MR) is 374 cm³/mol. The molecule has 1 aliphatic heterocycles. The molecular weight excluding hydrogens is 1280 g/mol. The second-order valence-electron chi connectivity index (χ2n) is 28.6. The van der Waals surface area contributed by atoms with Crippen molar-refractivity contribution in [3.8, 4) is 0 Å². The first kappa shape index (κ1) is 86.6. The van der Waals surface area contributed by atoms with E-state index < -0.39 is 169 Å². The van der Waals surface area contributed by atoms with E-state index in [1.807, 2.05) is 99.6 Å². The maximum absolute atomic E-state index is 14.3. The number of guanidine groups is 1. The van der Waals surface area contributed by atoms with Crippen LogP contribution in [0.5, 0.6) is 0 Å². The molecule has 0 radical (unpaired) electrons. The molecule has 1 aromatic carbocycles. The number of nitrogens with one attached hydrogen (secondary N) is 11. The van der Waals surface area contributed by atoms with Gasteiger partial charge in [0, 0.05) is 13.1 Å². The Labute approximate surface area is 583 Å². The van der Waals surface area contributed by atoms with E-state index in [0.717, 1.165) is 5.56 Å². The molecule has 2 rings (SSSR count). The highest BCUT2D eigenvalue weighted by Gasteiger charge is 2.41. The van der Waals surface area contributed by atoms with E-state index >= 15 is 0 Å². The van der Waals surface area contributed by atoms with Gasteiger partial charge in [0.2, 0.25) is 76.8 Å². The molecule has 0 aromatic heterocycles. The lowest BCUT2D eigenvalue weighted by Gasteiger charge is -2.31. The third-order valence-corrected chi connectivity index (χ3v) is 16.0. The van der Waals surface area contributed by atoms with Crippen LogP contribution in [0.4, 0.5) is 0 Å². The van der Waals surface area contributed by atoms with Crippen LogP contribution in [-0.4, -0.2) is 192 Å². The van der Waals surface area contributed by atoms with Crippen LogP contribution in [0, 0.1) is 41.4 Å². The smallest absolute Gasteiger partial charge is 0.245 e. The molecule has 31 nitrogen and oxygen atoms in total. The molecule has 0 bridgehead atoms. The lowest BCUT2D eigenvalue weighted by molar-refractivity contribution is -0.142. The van der Waals surface area contributed by atoms with E-state index in [9.17, 15) is 67.4 Å². The summed E-state index contributed by atoms with van der Waals surface area (Å²) in [6, 6.07) is -3.82. The third kappa shape index (κ3) is 32.8. The fraction of sp³-hybridized carbons (Fsp3) is 0.706. The number of hydrogen-bond acceptors (Lipinski definition) is 16. The van der Waals surface area contributed by atoms with Gasteiger partial charge in [-0.25, -0.2) is 0 Å². The maximum atomic E-state index is 14.3. The molecule has 0 spiro atoms. The zero-order valence-corrected chi connectivity index (χ0v) is 60.6. The van der Waals surface area contributed by atoms with Crippen molar-refractivity contribution in [1.29, 1.82) is 0 Å². The summed E-state index contributed by atoms with van der Waals surface area (Å²) in [7, 11) is 0. The van der Waals surface area contributed by atoms with Gasteiger partial charge in [-0.3, -0.25) is 67.3 Å². The van der Waals surface area contributed by atoms with E-state index in [2.05, 4.69) is 63.5 Å². The number of aliphatic hydroxyl groups is 1. The average molecular weight is 1400 g/mol. The SMILES string of the molecule is CC(C)C[C@H](NC(=O)[C@H](CC(C)C)NC(=O)CNC(=O)[C@H](CO)NC(=O)[C@H](CC(C)C)NC(=O)[C@@H](NC(=O)[C@H](CCCN=C(N)N)NC(=O)CNC(=O)[C@H](CC(C)C)NC(=O)[C@H](CC(C)C)NC(=O)[C@@H]1CCCN1C(=O)[C@H](CC(C)C)NC(=O)[C@@H](N)Cc1ccccc1)C(C)C)C(N)=O. The number of amides is 13. The Hall–Kier alpha value is -8.48. The monoisotopic (exact) mass is 1400 g/mol. The minimum Gasteiger partial charge on any atom is -0.394 e. The Balaban J connectivity index is 2.26. The van der Waals surface area contributed by atoms with Crippen LogP contribution in [0.3, 0.4) is 0 Å². The van der Waals surface area contributed by atoms with Gasteiger partial charge in [0.15, 0.2) is 5.96 Å². The van der Waals surface area contributed by atoms with Crippen molar-refractivity contribution < 1.29 is 67.4 Å². The van der Waals surface area contributed by atoms with Gasteiger partial charge < -0.3 is 91.4 Å². The van der Waals surface area contributed by atoms with Gasteiger partial charge in [-0.2, -0.15) is 0 Å². The molecule has 1 heterocycles. The maximum Gasteiger partial charge on any atom is 0.245 e. The number of primary amides is 1. The molecule has 1 aliphatic rings. The Morgan fingerprint density at radius 2 is 0.889 bits per heavy atom. The molecule has 0 unspecified atom stereocenters. The summed E-state index contributed by atoms with van der Waals surface area (Å²) in [4.78, 5) is 183. The average Bonchev–Trinajstić information content (AvgIpc) is 1.74. The van der Waals surface area contributed by atoms with Crippen LogP contribution in [-0.2, 0) is 68.7 Å². The molecule has 0 saturated carbocycles. The topological polar surface area (TPSA) is 494 Å². The highest BCUT2D eigenvalue weighted by Crippen LogP contribution is 2.22. The van der Waals surface area contributed by atoms with Crippen LogP contribution in [0.25, 0.3) is 0 Å². The van der Waals surface area contributed by atoms with Crippen molar-refractivity contribution in [2.45, 2.75) is 234 Å². The molecule has 13 amide bonds. The van der Waals surface area contributed by atoms with Crippen LogP contribution in [0.2, 0.25) is 0 Å². The zero-order chi connectivity index (χ0) is 75.0. The number of likely N-dealkylation sites (tertiary alicyclic amines) is 1. The molecule has 1 fully saturated rings. The largest absolute Gasteiger partial charge is 0.394 e. The highest BCUT2D eigenvalue weighted by atomic mass is 16.3. The first-order chi connectivity index (χ1) is 46.3. The van der Waals surface area contributed by atoms with E-state index in [4.69, 9.17) is 22.9 Å². The molecule has 20 N–H and O–H groups in total.